The number of alkyl halides is 6. The van der Waals surface area contributed by atoms with Crippen LogP contribution >= 0.6 is 11.6 Å². The van der Waals surface area contributed by atoms with Gasteiger partial charge in [-0.15, -0.1) is 0 Å². The van der Waals surface area contributed by atoms with E-state index in [0.717, 1.165) is 21.4 Å². The number of imidazole rings is 2. The lowest BCUT2D eigenvalue weighted by Crippen LogP contribution is -2.11. The van der Waals surface area contributed by atoms with Crippen molar-refractivity contribution in [2.24, 2.45) is 7.05 Å². The van der Waals surface area contributed by atoms with Gasteiger partial charge in [0.1, 0.15) is 16.4 Å². The molecule has 3 aromatic heterocycles. The molecule has 168 valence electrons. The number of allylic oxidation sites excluding steroid dienone is 1. The average molecular weight is 487 g/mol. The summed E-state index contributed by atoms with van der Waals surface area (Å²) in [5, 5.41) is -1.86. The van der Waals surface area contributed by atoms with Crippen LogP contribution in [-0.4, -0.2) is 39.3 Å². The van der Waals surface area contributed by atoms with Gasteiger partial charge >= 0.3 is 12.4 Å². The van der Waals surface area contributed by atoms with Gasteiger partial charge in [-0.05, 0) is 18.2 Å². The standard InChI is InChI=1S/C17H13ClF6N4O2S/c1-3-31(29,30)15-13(26-12-6-9(16(19,20)21)4-5-28(12)15)14-25-8-10(27(14)2)7-11(18)17(22,23)24/h4-8H,3H2,1-2H3/b11-7-. The Balaban J connectivity index is 2.29. The van der Waals surface area contributed by atoms with Crippen molar-refractivity contribution in [1.29, 1.82) is 0 Å². The zero-order valence-electron chi connectivity index (χ0n) is 15.8. The topological polar surface area (TPSA) is 69.3 Å². The van der Waals surface area contributed by atoms with Gasteiger partial charge in [-0.3, -0.25) is 4.40 Å². The fourth-order valence-corrected chi connectivity index (χ4v) is 4.04. The second kappa shape index (κ2) is 7.55. The third-order valence-electron chi connectivity index (χ3n) is 4.37. The van der Waals surface area contributed by atoms with Crippen LogP contribution in [0.3, 0.4) is 0 Å². The summed E-state index contributed by atoms with van der Waals surface area (Å²) in [6.45, 7) is 1.33. The number of sulfone groups is 1. The minimum Gasteiger partial charge on any atom is -0.326 e. The SMILES string of the molecule is CCS(=O)(=O)c1c(-c2ncc(/C=C(\Cl)C(F)(F)F)n2C)nc2cc(C(F)(F)F)ccn12. The Morgan fingerprint density at radius 1 is 1.23 bits per heavy atom. The maximum absolute atomic E-state index is 13.0. The second-order valence-electron chi connectivity index (χ2n) is 6.37. The van der Waals surface area contributed by atoms with E-state index in [1.165, 1.54) is 14.0 Å². The van der Waals surface area contributed by atoms with Crippen LogP contribution in [0.1, 0.15) is 18.2 Å². The van der Waals surface area contributed by atoms with E-state index in [4.69, 9.17) is 11.6 Å². The van der Waals surface area contributed by atoms with Crippen molar-refractivity contribution >= 4 is 33.2 Å². The second-order valence-corrected chi connectivity index (χ2v) is 8.97. The maximum atomic E-state index is 13.0. The highest BCUT2D eigenvalue weighted by atomic mass is 35.5. The van der Waals surface area contributed by atoms with Crippen LogP contribution in [0, 0.1) is 0 Å². The maximum Gasteiger partial charge on any atom is 0.427 e. The van der Waals surface area contributed by atoms with Gasteiger partial charge in [0.15, 0.2) is 20.7 Å². The van der Waals surface area contributed by atoms with Gasteiger partial charge < -0.3 is 4.57 Å². The first kappa shape index (κ1) is 23.1. The van der Waals surface area contributed by atoms with Crippen molar-refractivity contribution in [3.63, 3.8) is 0 Å². The Hall–Kier alpha value is -2.54. The Kier molecular flexibility index (Phi) is 5.63. The molecule has 0 bridgehead atoms. The molecule has 0 aliphatic heterocycles. The third-order valence-corrected chi connectivity index (χ3v) is 6.43. The lowest BCUT2D eigenvalue weighted by atomic mass is 10.2. The molecule has 0 aliphatic carbocycles. The fourth-order valence-electron chi connectivity index (χ4n) is 2.77. The molecule has 0 fully saturated rings. The minimum atomic E-state index is -4.81. The Bertz CT molecular complexity index is 1290. The smallest absolute Gasteiger partial charge is 0.326 e. The zero-order chi connectivity index (χ0) is 23.4. The predicted molar refractivity (Wildman–Crippen MR) is 100 cm³/mol. The third kappa shape index (κ3) is 4.28. The van der Waals surface area contributed by atoms with E-state index < -0.39 is 43.6 Å². The molecule has 0 unspecified atom stereocenters. The monoisotopic (exact) mass is 486 g/mol. The molecule has 0 amide bonds. The highest BCUT2D eigenvalue weighted by molar-refractivity contribution is 7.91. The minimum absolute atomic E-state index is 0.120. The molecule has 0 spiro atoms. The highest BCUT2D eigenvalue weighted by Crippen LogP contribution is 2.34. The molecule has 0 radical (unpaired) electrons. The molecule has 3 heterocycles. The average Bonchev–Trinajstić information content (AvgIpc) is 3.20. The van der Waals surface area contributed by atoms with Crippen LogP contribution in [0.25, 0.3) is 23.2 Å². The zero-order valence-corrected chi connectivity index (χ0v) is 17.3. The number of halogens is 7. The van der Waals surface area contributed by atoms with Crippen molar-refractivity contribution in [1.82, 2.24) is 18.9 Å². The molecule has 0 saturated carbocycles. The van der Waals surface area contributed by atoms with Crippen molar-refractivity contribution in [2.45, 2.75) is 24.3 Å². The normalized spacial score (nSPS) is 13.9. The lowest BCUT2D eigenvalue weighted by Gasteiger charge is -2.08. The van der Waals surface area contributed by atoms with Crippen LogP contribution in [0.2, 0.25) is 0 Å². The summed E-state index contributed by atoms with van der Waals surface area (Å²) in [4.78, 5) is 7.92. The summed E-state index contributed by atoms with van der Waals surface area (Å²) in [7, 11) is -2.72. The summed E-state index contributed by atoms with van der Waals surface area (Å²) in [5.74, 6) is -0.562. The number of hydrogen-bond acceptors (Lipinski definition) is 4. The van der Waals surface area contributed by atoms with Crippen LogP contribution in [0.4, 0.5) is 26.3 Å². The first-order valence-corrected chi connectivity index (χ1v) is 10.5. The molecule has 0 atom stereocenters. The van der Waals surface area contributed by atoms with Crippen LogP contribution in [-0.2, 0) is 23.1 Å². The van der Waals surface area contributed by atoms with Crippen molar-refractivity contribution in [3.8, 4) is 11.5 Å². The van der Waals surface area contributed by atoms with Crippen molar-refractivity contribution < 1.29 is 34.8 Å². The summed E-state index contributed by atoms with van der Waals surface area (Å²) in [5.41, 5.74) is -1.78. The van der Waals surface area contributed by atoms with E-state index in [2.05, 4.69) is 9.97 Å². The van der Waals surface area contributed by atoms with Gasteiger partial charge in [0.2, 0.25) is 0 Å². The van der Waals surface area contributed by atoms with Gasteiger partial charge in [0.25, 0.3) is 0 Å². The van der Waals surface area contributed by atoms with E-state index in [0.29, 0.717) is 18.2 Å². The number of nitrogens with zero attached hydrogens (tertiary/aromatic N) is 4. The van der Waals surface area contributed by atoms with Gasteiger partial charge in [0, 0.05) is 13.2 Å². The molecule has 0 N–H and O–H groups in total. The van der Waals surface area contributed by atoms with E-state index in [1.54, 1.807) is 0 Å². The molecule has 31 heavy (non-hydrogen) atoms. The molecule has 0 aliphatic rings. The lowest BCUT2D eigenvalue weighted by molar-refractivity contribution is -0.137. The first-order valence-electron chi connectivity index (χ1n) is 8.45. The largest absolute Gasteiger partial charge is 0.427 e. The van der Waals surface area contributed by atoms with Crippen LogP contribution < -0.4 is 0 Å². The van der Waals surface area contributed by atoms with E-state index >= 15 is 0 Å². The van der Waals surface area contributed by atoms with Crippen molar-refractivity contribution in [2.75, 3.05) is 5.75 Å². The Morgan fingerprint density at radius 3 is 2.42 bits per heavy atom. The molecule has 6 nitrogen and oxygen atoms in total. The molecular weight excluding hydrogens is 474 g/mol. The summed E-state index contributed by atoms with van der Waals surface area (Å²) in [6, 6.07) is 1.37. The molecule has 3 aromatic rings. The summed E-state index contributed by atoms with van der Waals surface area (Å²) < 4.78 is 105. The van der Waals surface area contributed by atoms with E-state index in [1.807, 2.05) is 0 Å². The van der Waals surface area contributed by atoms with Gasteiger partial charge in [0.05, 0.1) is 23.2 Å². The van der Waals surface area contributed by atoms with Gasteiger partial charge in [-0.1, -0.05) is 18.5 Å². The number of rotatable bonds is 4. The van der Waals surface area contributed by atoms with E-state index in [9.17, 15) is 34.8 Å². The Morgan fingerprint density at radius 2 is 1.87 bits per heavy atom. The number of hydrogen-bond donors (Lipinski definition) is 0. The molecule has 0 aromatic carbocycles. The van der Waals surface area contributed by atoms with Gasteiger partial charge in [-0.25, -0.2) is 18.4 Å². The van der Waals surface area contributed by atoms with Crippen molar-refractivity contribution in [3.05, 3.63) is 40.8 Å². The van der Waals surface area contributed by atoms with Crippen LogP contribution in [0.5, 0.6) is 0 Å². The predicted octanol–water partition coefficient (Wildman–Crippen LogP) is 4.69. The first-order chi connectivity index (χ1) is 14.2. The number of fused-ring (bicyclic) bond motifs is 1. The number of pyridine rings is 1. The molecule has 0 saturated heterocycles. The molecule has 14 heteroatoms. The van der Waals surface area contributed by atoms with Crippen LogP contribution in [0.15, 0.2) is 34.6 Å². The number of aromatic nitrogens is 4. The summed E-state index contributed by atoms with van der Waals surface area (Å²) in [6.07, 6.45) is -6.98. The summed E-state index contributed by atoms with van der Waals surface area (Å²) >= 11 is 5.24. The Labute approximate surface area is 176 Å². The molecular formula is C17H13ClF6N4O2S. The van der Waals surface area contributed by atoms with E-state index in [-0.39, 0.29) is 22.9 Å². The highest BCUT2D eigenvalue weighted by Gasteiger charge is 2.34. The fraction of sp³-hybridized carbons (Fsp3) is 0.294. The molecule has 3 rings (SSSR count). The van der Waals surface area contributed by atoms with Gasteiger partial charge in [-0.2, -0.15) is 26.3 Å². The quantitative estimate of drug-likeness (QED) is 0.502.